The summed E-state index contributed by atoms with van der Waals surface area (Å²) in [6.07, 6.45) is 5.98. The van der Waals surface area contributed by atoms with E-state index >= 15 is 0 Å². The lowest BCUT2D eigenvalue weighted by Crippen LogP contribution is -2.49. The number of nitrogens with one attached hydrogen (secondary N) is 1. The van der Waals surface area contributed by atoms with Crippen LogP contribution in [0.25, 0.3) is 6.08 Å². The van der Waals surface area contributed by atoms with Crippen molar-refractivity contribution in [3.05, 3.63) is 33.8 Å². The van der Waals surface area contributed by atoms with E-state index in [1.54, 1.807) is 24.8 Å². The van der Waals surface area contributed by atoms with Crippen LogP contribution in [0.4, 0.5) is 0 Å². The Morgan fingerprint density at radius 2 is 1.83 bits per heavy atom. The fourth-order valence-electron chi connectivity index (χ4n) is 3.25. The Morgan fingerprint density at radius 3 is 2.37 bits per heavy atom. The van der Waals surface area contributed by atoms with Crippen LogP contribution in [0.3, 0.4) is 0 Å². The van der Waals surface area contributed by atoms with Crippen LogP contribution >= 0.6 is 35.0 Å². The second kappa shape index (κ2) is 11.1. The first kappa shape index (κ1) is 24.6. The molecule has 164 valence electrons. The summed E-state index contributed by atoms with van der Waals surface area (Å²) in [5, 5.41) is 12.7. The van der Waals surface area contributed by atoms with Gasteiger partial charge in [-0.05, 0) is 42.7 Å². The number of thioether (sulfide) groups is 1. The van der Waals surface area contributed by atoms with E-state index < -0.39 is 12.0 Å². The smallest absolute Gasteiger partial charge is 0.326 e. The van der Waals surface area contributed by atoms with Crippen LogP contribution < -0.4 is 5.32 Å². The van der Waals surface area contributed by atoms with Crippen molar-refractivity contribution < 1.29 is 19.5 Å². The molecule has 1 heterocycles. The molecule has 0 spiro atoms. The topological polar surface area (TPSA) is 86.7 Å². The lowest BCUT2D eigenvalue weighted by Gasteiger charge is -2.31. The molecule has 2 amide bonds. The highest BCUT2D eigenvalue weighted by Crippen LogP contribution is 2.35. The zero-order chi connectivity index (χ0) is 22.4. The van der Waals surface area contributed by atoms with Crippen LogP contribution in [-0.2, 0) is 14.4 Å². The Balaban J connectivity index is 1.93. The Bertz CT molecular complexity index is 837. The number of likely N-dealkylation sites (tertiary alicyclic amines) is 1. The van der Waals surface area contributed by atoms with Gasteiger partial charge < -0.3 is 15.3 Å². The second-order valence-corrected chi connectivity index (χ2v) is 9.09. The number of piperidine rings is 1. The van der Waals surface area contributed by atoms with Crippen LogP contribution in [-0.4, -0.2) is 53.2 Å². The number of carbonyl (C=O) groups is 3. The van der Waals surface area contributed by atoms with Crippen molar-refractivity contribution in [1.82, 2.24) is 10.2 Å². The summed E-state index contributed by atoms with van der Waals surface area (Å²) in [5.74, 6) is -1.98. The number of benzene rings is 1. The molecule has 0 aromatic heterocycles. The van der Waals surface area contributed by atoms with Gasteiger partial charge in [0.25, 0.3) is 0 Å². The highest BCUT2D eigenvalue weighted by Gasteiger charge is 2.30. The molecule has 1 aromatic rings. The first-order valence-corrected chi connectivity index (χ1v) is 11.7. The molecule has 6 nitrogen and oxygen atoms in total. The number of halogens is 2. The maximum absolute atomic E-state index is 12.5. The summed E-state index contributed by atoms with van der Waals surface area (Å²) in [7, 11) is 0. The number of aliphatic carboxylic acids is 1. The average molecular weight is 473 g/mol. The minimum absolute atomic E-state index is 0.166. The highest BCUT2D eigenvalue weighted by molar-refractivity contribution is 7.98. The maximum atomic E-state index is 12.5. The number of nitrogens with zero attached hydrogens (tertiary/aromatic N) is 1. The predicted octanol–water partition coefficient (Wildman–Crippen LogP) is 4.19. The van der Waals surface area contributed by atoms with E-state index in [0.717, 1.165) is 4.90 Å². The third-order valence-electron chi connectivity index (χ3n) is 5.11. The van der Waals surface area contributed by atoms with Gasteiger partial charge in [-0.3, -0.25) is 9.59 Å². The summed E-state index contributed by atoms with van der Waals surface area (Å²) in [6, 6.07) is 2.76. The minimum Gasteiger partial charge on any atom is -0.480 e. The Labute approximate surface area is 191 Å². The van der Waals surface area contributed by atoms with E-state index in [1.807, 2.05) is 18.4 Å². The molecule has 9 heteroatoms. The van der Waals surface area contributed by atoms with Crippen LogP contribution in [0.2, 0.25) is 10.0 Å². The molecule has 1 saturated heterocycles. The van der Waals surface area contributed by atoms with E-state index in [1.165, 1.54) is 17.8 Å². The molecule has 1 aromatic carbocycles. The Kier molecular flexibility index (Phi) is 9.07. The van der Waals surface area contributed by atoms with Crippen LogP contribution in [0.5, 0.6) is 0 Å². The first-order valence-electron chi connectivity index (χ1n) is 9.67. The maximum Gasteiger partial charge on any atom is 0.326 e. The van der Waals surface area contributed by atoms with Gasteiger partial charge in [0.2, 0.25) is 11.8 Å². The third-order valence-corrected chi connectivity index (χ3v) is 6.90. The SMILES string of the molecule is CSc1ccc(C=CC(=O)N2CCC(C(=O)NC(C(=O)O)C(C)C)CC2)c(Cl)c1Cl. The van der Waals surface area contributed by atoms with Crippen LogP contribution in [0.15, 0.2) is 23.1 Å². The fourth-order valence-corrected chi connectivity index (χ4v) is 4.42. The number of carboxylic acids is 1. The molecule has 1 aliphatic heterocycles. The molecule has 2 N–H and O–H groups in total. The van der Waals surface area contributed by atoms with Gasteiger partial charge in [-0.25, -0.2) is 4.79 Å². The van der Waals surface area contributed by atoms with Crippen molar-refractivity contribution >= 4 is 58.8 Å². The van der Waals surface area contributed by atoms with Gasteiger partial charge in [0.05, 0.1) is 10.0 Å². The third kappa shape index (κ3) is 6.15. The number of carboxylic acid groups (broad SMARTS) is 1. The highest BCUT2D eigenvalue weighted by atomic mass is 35.5. The number of hydrogen-bond acceptors (Lipinski definition) is 4. The molecule has 2 rings (SSSR count). The molecular weight excluding hydrogens is 447 g/mol. The summed E-state index contributed by atoms with van der Waals surface area (Å²) in [5.41, 5.74) is 0.662. The molecule has 1 unspecified atom stereocenters. The quantitative estimate of drug-likeness (QED) is 0.458. The van der Waals surface area contributed by atoms with E-state index in [0.29, 0.717) is 41.5 Å². The molecule has 1 aliphatic rings. The van der Waals surface area contributed by atoms with E-state index in [9.17, 15) is 19.5 Å². The van der Waals surface area contributed by atoms with Gasteiger partial charge >= 0.3 is 5.97 Å². The van der Waals surface area contributed by atoms with Crippen molar-refractivity contribution in [2.75, 3.05) is 19.3 Å². The van der Waals surface area contributed by atoms with Crippen molar-refractivity contribution in [3.8, 4) is 0 Å². The van der Waals surface area contributed by atoms with Crippen molar-refractivity contribution in [3.63, 3.8) is 0 Å². The van der Waals surface area contributed by atoms with E-state index in [4.69, 9.17) is 23.2 Å². The summed E-state index contributed by atoms with van der Waals surface area (Å²) < 4.78 is 0. The zero-order valence-electron chi connectivity index (χ0n) is 17.2. The van der Waals surface area contributed by atoms with Gasteiger partial charge in [0.1, 0.15) is 6.04 Å². The molecule has 1 fully saturated rings. The fraction of sp³-hybridized carbons (Fsp3) is 0.476. The standard InChI is InChI=1S/C21H26Cl2N2O4S/c1-12(2)19(21(28)29)24-20(27)14-8-10-25(11-9-14)16(26)7-5-13-4-6-15(30-3)18(23)17(13)22/h4-7,12,14,19H,8-11H2,1-3H3,(H,24,27)(H,28,29). The Hall–Kier alpha value is -1.70. The van der Waals surface area contributed by atoms with Gasteiger partial charge in [0.15, 0.2) is 0 Å². The molecule has 0 saturated carbocycles. The van der Waals surface area contributed by atoms with Gasteiger partial charge in [-0.15, -0.1) is 11.8 Å². The predicted molar refractivity (Wildman–Crippen MR) is 121 cm³/mol. The molecule has 0 aliphatic carbocycles. The van der Waals surface area contributed by atoms with Crippen molar-refractivity contribution in [1.29, 1.82) is 0 Å². The number of rotatable bonds is 7. The minimum atomic E-state index is -1.04. The summed E-state index contributed by atoms with van der Waals surface area (Å²) in [4.78, 5) is 38.7. The molecule has 1 atom stereocenters. The number of hydrogen-bond donors (Lipinski definition) is 2. The first-order chi connectivity index (χ1) is 14.1. The largest absolute Gasteiger partial charge is 0.480 e. The molecule has 0 bridgehead atoms. The monoisotopic (exact) mass is 472 g/mol. The van der Waals surface area contributed by atoms with Gasteiger partial charge in [-0.2, -0.15) is 0 Å². The summed E-state index contributed by atoms with van der Waals surface area (Å²) >= 11 is 14.0. The van der Waals surface area contributed by atoms with Crippen LogP contribution in [0, 0.1) is 11.8 Å². The number of amides is 2. The average Bonchev–Trinajstić information content (AvgIpc) is 2.72. The summed E-state index contributed by atoms with van der Waals surface area (Å²) in [6.45, 7) is 4.36. The van der Waals surface area contributed by atoms with Crippen LogP contribution in [0.1, 0.15) is 32.3 Å². The normalized spacial score (nSPS) is 16.1. The van der Waals surface area contributed by atoms with Crippen molar-refractivity contribution in [2.24, 2.45) is 11.8 Å². The molecular formula is C21H26Cl2N2O4S. The lowest BCUT2D eigenvalue weighted by molar-refractivity contribution is -0.144. The van der Waals surface area contributed by atoms with Gasteiger partial charge in [0, 0.05) is 30.0 Å². The Morgan fingerprint density at radius 1 is 1.20 bits per heavy atom. The lowest BCUT2D eigenvalue weighted by atomic mass is 9.94. The van der Waals surface area contributed by atoms with Gasteiger partial charge in [-0.1, -0.05) is 43.1 Å². The molecule has 0 radical (unpaired) electrons. The number of carbonyl (C=O) groups excluding carboxylic acids is 2. The van der Waals surface area contributed by atoms with E-state index in [-0.39, 0.29) is 23.7 Å². The second-order valence-electron chi connectivity index (χ2n) is 7.49. The van der Waals surface area contributed by atoms with Crippen molar-refractivity contribution in [2.45, 2.75) is 37.6 Å². The zero-order valence-corrected chi connectivity index (χ0v) is 19.5. The molecule has 30 heavy (non-hydrogen) atoms. The van der Waals surface area contributed by atoms with E-state index in [2.05, 4.69) is 5.32 Å².